The molecule has 0 aromatic rings. The Morgan fingerprint density at radius 3 is 1.75 bits per heavy atom. The number of rotatable bonds is 7. The highest BCUT2D eigenvalue weighted by molar-refractivity contribution is 4.93. The van der Waals surface area contributed by atoms with Gasteiger partial charge in [-0.25, -0.2) is 0 Å². The van der Waals surface area contributed by atoms with Gasteiger partial charge in [-0.1, -0.05) is 74.1 Å². The molecular weight excluding hydrogens is 192 g/mol. The molecule has 1 atom stereocenters. The van der Waals surface area contributed by atoms with Gasteiger partial charge in [-0.05, 0) is 29.6 Å². The maximum Gasteiger partial charge on any atom is -0.0267 e. The Morgan fingerprint density at radius 1 is 0.875 bits per heavy atom. The van der Waals surface area contributed by atoms with Crippen LogP contribution in [0.1, 0.15) is 80.6 Å². The molecule has 0 aromatic carbocycles. The molecule has 0 rings (SSSR count). The topological polar surface area (TPSA) is 0 Å². The van der Waals surface area contributed by atoms with E-state index in [0.717, 1.165) is 11.8 Å². The lowest BCUT2D eigenvalue weighted by Crippen LogP contribution is -2.24. The third-order valence-electron chi connectivity index (χ3n) is 3.52. The lowest BCUT2D eigenvalue weighted by atomic mass is 9.72. The summed E-state index contributed by atoms with van der Waals surface area (Å²) in [6.07, 6.45) is 7.01. The maximum absolute atomic E-state index is 2.37. The summed E-state index contributed by atoms with van der Waals surface area (Å²) >= 11 is 0. The first kappa shape index (κ1) is 16.0. The third kappa shape index (κ3) is 7.30. The zero-order valence-electron chi connectivity index (χ0n) is 12.7. The fourth-order valence-corrected chi connectivity index (χ4v) is 2.67. The van der Waals surface area contributed by atoms with Gasteiger partial charge >= 0.3 is 0 Å². The van der Waals surface area contributed by atoms with Crippen LogP contribution in [-0.2, 0) is 0 Å². The molecule has 0 aliphatic carbocycles. The summed E-state index contributed by atoms with van der Waals surface area (Å²) in [4.78, 5) is 0. The monoisotopic (exact) mass is 225 g/mol. The van der Waals surface area contributed by atoms with Crippen molar-refractivity contribution in [3.05, 3.63) is 5.92 Å². The largest absolute Gasteiger partial charge is 0.0628 e. The van der Waals surface area contributed by atoms with Crippen LogP contribution in [0.4, 0.5) is 0 Å². The van der Waals surface area contributed by atoms with Crippen molar-refractivity contribution < 1.29 is 0 Å². The molecule has 0 heteroatoms. The molecule has 0 aliphatic heterocycles. The molecule has 0 N–H and O–H groups in total. The highest BCUT2D eigenvalue weighted by atomic mass is 14.3. The predicted octanol–water partition coefficient (Wildman–Crippen LogP) is 5.87. The van der Waals surface area contributed by atoms with Crippen LogP contribution >= 0.6 is 0 Å². The first-order valence-electron chi connectivity index (χ1n) is 7.05. The van der Waals surface area contributed by atoms with Gasteiger partial charge in [0.2, 0.25) is 0 Å². The van der Waals surface area contributed by atoms with Gasteiger partial charge in [-0.2, -0.15) is 0 Å². The average molecular weight is 225 g/mol. The molecule has 0 nitrogen and oxygen atoms in total. The normalized spacial score (nSPS) is 14.8. The van der Waals surface area contributed by atoms with Gasteiger partial charge in [0.25, 0.3) is 0 Å². The maximum atomic E-state index is 2.37. The average Bonchev–Trinajstić information content (AvgIpc) is 2.07. The molecule has 0 aliphatic rings. The van der Waals surface area contributed by atoms with Gasteiger partial charge in [0.1, 0.15) is 0 Å². The lowest BCUT2D eigenvalue weighted by Gasteiger charge is -2.33. The molecule has 0 amide bonds. The zero-order chi connectivity index (χ0) is 12.8. The van der Waals surface area contributed by atoms with Crippen LogP contribution in [0.15, 0.2) is 0 Å². The summed E-state index contributed by atoms with van der Waals surface area (Å²) in [5, 5.41) is 0. The molecule has 0 fully saturated rings. The molecule has 0 heterocycles. The number of hydrogen-bond acceptors (Lipinski definition) is 0. The summed E-state index contributed by atoms with van der Waals surface area (Å²) in [6, 6.07) is 0. The van der Waals surface area contributed by atoms with E-state index in [1.54, 1.807) is 5.92 Å². The Labute approximate surface area is 104 Å². The van der Waals surface area contributed by atoms with Crippen molar-refractivity contribution in [3.63, 3.8) is 0 Å². The Morgan fingerprint density at radius 2 is 1.38 bits per heavy atom. The van der Waals surface area contributed by atoms with Crippen molar-refractivity contribution in [2.45, 2.75) is 80.6 Å². The van der Waals surface area contributed by atoms with Gasteiger partial charge in [-0.15, -0.1) is 0 Å². The quantitative estimate of drug-likeness (QED) is 0.475. The second-order valence-corrected chi connectivity index (χ2v) is 7.03. The first-order chi connectivity index (χ1) is 7.25. The Hall–Kier alpha value is 0. The molecule has 0 aromatic heterocycles. The summed E-state index contributed by atoms with van der Waals surface area (Å²) in [7, 11) is 0. The number of unbranched alkanes of at least 4 members (excludes halogenated alkanes) is 2. The van der Waals surface area contributed by atoms with E-state index in [-0.39, 0.29) is 0 Å². The van der Waals surface area contributed by atoms with E-state index in [4.69, 9.17) is 0 Å². The summed E-state index contributed by atoms with van der Waals surface area (Å²) in [5.41, 5.74) is 0.441. The third-order valence-corrected chi connectivity index (χ3v) is 3.52. The van der Waals surface area contributed by atoms with Crippen LogP contribution in [-0.4, -0.2) is 0 Å². The zero-order valence-corrected chi connectivity index (χ0v) is 12.7. The Bertz CT molecular complexity index is 159. The smallest absolute Gasteiger partial charge is 0.0267 e. The number of hydrogen-bond donors (Lipinski definition) is 0. The van der Waals surface area contributed by atoms with Crippen LogP contribution in [0, 0.1) is 23.2 Å². The summed E-state index contributed by atoms with van der Waals surface area (Å²) < 4.78 is 0. The van der Waals surface area contributed by atoms with E-state index in [1.165, 1.54) is 32.1 Å². The highest BCUT2D eigenvalue weighted by Gasteiger charge is 2.26. The van der Waals surface area contributed by atoms with E-state index < -0.39 is 0 Å². The molecule has 16 heavy (non-hydrogen) atoms. The van der Waals surface area contributed by atoms with Gasteiger partial charge in [0.15, 0.2) is 0 Å². The molecular formula is C16H33. The van der Waals surface area contributed by atoms with Gasteiger partial charge in [-0.3, -0.25) is 0 Å². The van der Waals surface area contributed by atoms with Gasteiger partial charge < -0.3 is 0 Å². The van der Waals surface area contributed by atoms with Gasteiger partial charge in [0.05, 0.1) is 0 Å². The van der Waals surface area contributed by atoms with E-state index in [1.807, 2.05) is 0 Å². The Balaban J connectivity index is 3.79. The van der Waals surface area contributed by atoms with Crippen molar-refractivity contribution in [1.82, 2.24) is 0 Å². The molecule has 0 bridgehead atoms. The molecule has 97 valence electrons. The fourth-order valence-electron chi connectivity index (χ4n) is 2.67. The minimum Gasteiger partial charge on any atom is -0.0628 e. The molecule has 0 spiro atoms. The van der Waals surface area contributed by atoms with Crippen LogP contribution in [0.3, 0.4) is 0 Å². The van der Waals surface area contributed by atoms with E-state index in [2.05, 4.69) is 48.5 Å². The van der Waals surface area contributed by atoms with E-state index in [9.17, 15) is 0 Å². The van der Waals surface area contributed by atoms with Crippen LogP contribution < -0.4 is 0 Å². The fraction of sp³-hybridized carbons (Fsp3) is 0.938. The minimum atomic E-state index is 0.441. The Kier molecular flexibility index (Phi) is 7.35. The first-order valence-corrected chi connectivity index (χ1v) is 7.05. The molecule has 0 saturated carbocycles. The highest BCUT2D eigenvalue weighted by Crippen LogP contribution is 2.37. The molecule has 0 saturated heterocycles. The second kappa shape index (κ2) is 7.35. The van der Waals surface area contributed by atoms with Crippen LogP contribution in [0.5, 0.6) is 0 Å². The van der Waals surface area contributed by atoms with Crippen molar-refractivity contribution in [3.8, 4) is 0 Å². The SMILES string of the molecule is C[C](C)C(CCCCCC(C)C)C(C)(C)C. The summed E-state index contributed by atoms with van der Waals surface area (Å²) in [6.45, 7) is 16.4. The van der Waals surface area contributed by atoms with Crippen LogP contribution in [0.25, 0.3) is 0 Å². The van der Waals surface area contributed by atoms with Crippen molar-refractivity contribution in [1.29, 1.82) is 0 Å². The van der Waals surface area contributed by atoms with E-state index >= 15 is 0 Å². The van der Waals surface area contributed by atoms with Gasteiger partial charge in [0, 0.05) is 0 Å². The van der Waals surface area contributed by atoms with E-state index in [0.29, 0.717) is 5.41 Å². The van der Waals surface area contributed by atoms with Crippen LogP contribution in [0.2, 0.25) is 0 Å². The minimum absolute atomic E-state index is 0.441. The second-order valence-electron chi connectivity index (χ2n) is 7.03. The van der Waals surface area contributed by atoms with Crippen molar-refractivity contribution in [2.75, 3.05) is 0 Å². The standard InChI is InChI=1S/C16H33/c1-13(2)11-9-8-10-12-15(14(3)4)16(5,6)7/h13,15H,8-12H2,1-7H3. The van der Waals surface area contributed by atoms with Crippen molar-refractivity contribution in [2.24, 2.45) is 17.3 Å². The molecule has 1 radical (unpaired) electrons. The molecule has 1 unspecified atom stereocenters. The predicted molar refractivity (Wildman–Crippen MR) is 75.5 cm³/mol. The van der Waals surface area contributed by atoms with Crippen molar-refractivity contribution >= 4 is 0 Å². The lowest BCUT2D eigenvalue weighted by molar-refractivity contribution is 0.233. The summed E-state index contributed by atoms with van der Waals surface area (Å²) in [5.74, 6) is 3.28.